The number of hydrogen-bond acceptors (Lipinski definition) is 2. The predicted molar refractivity (Wildman–Crippen MR) is 71.9 cm³/mol. The molecular formula is C14H29FN2. The summed E-state index contributed by atoms with van der Waals surface area (Å²) in [6, 6.07) is 0. The molecule has 1 aliphatic rings. The topological polar surface area (TPSA) is 29.3 Å². The average Bonchev–Trinajstić information content (AvgIpc) is 2.60. The summed E-state index contributed by atoms with van der Waals surface area (Å²) in [5, 5.41) is 0. The molecule has 17 heavy (non-hydrogen) atoms. The Morgan fingerprint density at radius 3 is 2.24 bits per heavy atom. The molecule has 0 aromatic rings. The van der Waals surface area contributed by atoms with Gasteiger partial charge in [-0.2, -0.15) is 0 Å². The largest absolute Gasteiger partial charge is 0.329 e. The Hall–Kier alpha value is -0.150. The summed E-state index contributed by atoms with van der Waals surface area (Å²) in [5.41, 5.74) is 6.24. The van der Waals surface area contributed by atoms with Gasteiger partial charge in [0.2, 0.25) is 0 Å². The van der Waals surface area contributed by atoms with E-state index in [1.807, 2.05) is 0 Å². The van der Waals surface area contributed by atoms with Crippen molar-refractivity contribution in [1.29, 1.82) is 0 Å². The van der Waals surface area contributed by atoms with E-state index >= 15 is 0 Å². The summed E-state index contributed by atoms with van der Waals surface area (Å²) in [5.74, 6) is 0. The second-order valence-electron chi connectivity index (χ2n) is 5.37. The van der Waals surface area contributed by atoms with E-state index in [2.05, 4.69) is 11.8 Å². The Bertz CT molecular complexity index is 189. The molecule has 0 aromatic carbocycles. The van der Waals surface area contributed by atoms with Crippen molar-refractivity contribution >= 4 is 0 Å². The molecule has 0 heterocycles. The van der Waals surface area contributed by atoms with Crippen LogP contribution in [0.2, 0.25) is 0 Å². The second-order valence-corrected chi connectivity index (χ2v) is 5.37. The lowest BCUT2D eigenvalue weighted by molar-refractivity contribution is 0.0742. The number of rotatable bonds is 7. The van der Waals surface area contributed by atoms with Crippen molar-refractivity contribution in [3.05, 3.63) is 0 Å². The molecule has 2 N–H and O–H groups in total. The summed E-state index contributed by atoms with van der Waals surface area (Å²) in [6.07, 6.45) is 9.44. The first-order valence-corrected chi connectivity index (χ1v) is 7.30. The fraction of sp³-hybridized carbons (Fsp3) is 1.00. The van der Waals surface area contributed by atoms with Gasteiger partial charge in [0.15, 0.2) is 0 Å². The fourth-order valence-corrected chi connectivity index (χ4v) is 3.14. The highest BCUT2D eigenvalue weighted by atomic mass is 19.1. The summed E-state index contributed by atoms with van der Waals surface area (Å²) >= 11 is 0. The molecule has 1 fully saturated rings. The van der Waals surface area contributed by atoms with Crippen molar-refractivity contribution in [2.24, 2.45) is 5.73 Å². The van der Waals surface area contributed by atoms with Gasteiger partial charge >= 0.3 is 0 Å². The normalized spacial score (nSPS) is 20.5. The van der Waals surface area contributed by atoms with Crippen LogP contribution in [0.1, 0.15) is 58.3 Å². The number of nitrogens with zero attached hydrogens (tertiary/aromatic N) is 1. The first-order valence-electron chi connectivity index (χ1n) is 7.30. The Morgan fingerprint density at radius 2 is 1.76 bits per heavy atom. The molecule has 1 aliphatic carbocycles. The van der Waals surface area contributed by atoms with Gasteiger partial charge in [0.25, 0.3) is 0 Å². The number of alkyl halides is 1. The van der Waals surface area contributed by atoms with Gasteiger partial charge in [-0.05, 0) is 32.2 Å². The lowest BCUT2D eigenvalue weighted by Crippen LogP contribution is -2.54. The van der Waals surface area contributed by atoms with Crippen LogP contribution >= 0.6 is 0 Å². The molecule has 0 amide bonds. The molecule has 0 radical (unpaired) electrons. The quantitative estimate of drug-likeness (QED) is 0.697. The third-order valence-electron chi connectivity index (χ3n) is 4.14. The number of hydrogen-bond donors (Lipinski definition) is 1. The van der Waals surface area contributed by atoms with Gasteiger partial charge in [-0.15, -0.1) is 0 Å². The van der Waals surface area contributed by atoms with Crippen LogP contribution in [0.3, 0.4) is 0 Å². The Morgan fingerprint density at radius 1 is 1.12 bits per heavy atom. The molecule has 0 unspecified atom stereocenters. The standard InChI is InChI=1S/C14H29FN2/c1-2-11-17(12-7-10-15)14(13-16)8-5-3-4-6-9-14/h2-13,16H2,1H3. The van der Waals surface area contributed by atoms with Crippen LogP contribution in [0.4, 0.5) is 4.39 Å². The van der Waals surface area contributed by atoms with Crippen LogP contribution < -0.4 is 5.73 Å². The third-order valence-corrected chi connectivity index (χ3v) is 4.14. The van der Waals surface area contributed by atoms with Gasteiger partial charge in [-0.1, -0.05) is 32.6 Å². The van der Waals surface area contributed by atoms with E-state index in [4.69, 9.17) is 5.73 Å². The van der Waals surface area contributed by atoms with Gasteiger partial charge in [-0.3, -0.25) is 9.29 Å². The molecule has 3 heteroatoms. The monoisotopic (exact) mass is 244 g/mol. The molecule has 1 saturated carbocycles. The van der Waals surface area contributed by atoms with Gasteiger partial charge in [0.1, 0.15) is 0 Å². The lowest BCUT2D eigenvalue weighted by atomic mass is 9.87. The van der Waals surface area contributed by atoms with E-state index in [0.29, 0.717) is 6.42 Å². The van der Waals surface area contributed by atoms with E-state index in [0.717, 1.165) is 26.1 Å². The van der Waals surface area contributed by atoms with Crippen molar-refractivity contribution in [2.45, 2.75) is 63.8 Å². The maximum atomic E-state index is 12.4. The molecule has 0 aliphatic heterocycles. The molecular weight excluding hydrogens is 215 g/mol. The van der Waals surface area contributed by atoms with Crippen LogP contribution in [-0.4, -0.2) is 36.7 Å². The van der Waals surface area contributed by atoms with Crippen molar-refractivity contribution < 1.29 is 4.39 Å². The zero-order valence-corrected chi connectivity index (χ0v) is 11.4. The molecule has 2 nitrogen and oxygen atoms in total. The Labute approximate surface area is 106 Å². The highest BCUT2D eigenvalue weighted by Crippen LogP contribution is 2.32. The second kappa shape index (κ2) is 8.04. The zero-order valence-electron chi connectivity index (χ0n) is 11.4. The van der Waals surface area contributed by atoms with E-state index in [9.17, 15) is 4.39 Å². The van der Waals surface area contributed by atoms with Crippen molar-refractivity contribution in [1.82, 2.24) is 4.90 Å². The predicted octanol–water partition coefficient (Wildman–Crippen LogP) is 3.11. The van der Waals surface area contributed by atoms with Gasteiger partial charge < -0.3 is 5.73 Å². The minimum absolute atomic E-state index is 0.168. The number of nitrogens with two attached hydrogens (primary N) is 1. The number of halogens is 1. The third kappa shape index (κ3) is 4.22. The minimum Gasteiger partial charge on any atom is -0.329 e. The van der Waals surface area contributed by atoms with Crippen LogP contribution in [0.15, 0.2) is 0 Å². The molecule has 0 aromatic heterocycles. The Balaban J connectivity index is 2.68. The zero-order chi connectivity index (χ0) is 12.6. The van der Waals surface area contributed by atoms with E-state index in [1.165, 1.54) is 38.5 Å². The lowest BCUT2D eigenvalue weighted by Gasteiger charge is -2.43. The minimum atomic E-state index is -0.207. The highest BCUT2D eigenvalue weighted by molar-refractivity contribution is 4.93. The fourth-order valence-electron chi connectivity index (χ4n) is 3.14. The van der Waals surface area contributed by atoms with E-state index in [1.54, 1.807) is 0 Å². The molecule has 0 saturated heterocycles. The van der Waals surface area contributed by atoms with Gasteiger partial charge in [-0.25, -0.2) is 0 Å². The van der Waals surface area contributed by atoms with Crippen LogP contribution in [0.5, 0.6) is 0 Å². The highest BCUT2D eigenvalue weighted by Gasteiger charge is 2.34. The summed E-state index contributed by atoms with van der Waals surface area (Å²) < 4.78 is 12.4. The summed E-state index contributed by atoms with van der Waals surface area (Å²) in [6.45, 7) is 4.67. The van der Waals surface area contributed by atoms with Crippen molar-refractivity contribution in [2.75, 3.05) is 26.3 Å². The van der Waals surface area contributed by atoms with Crippen LogP contribution in [0, 0.1) is 0 Å². The van der Waals surface area contributed by atoms with Crippen molar-refractivity contribution in [3.8, 4) is 0 Å². The average molecular weight is 244 g/mol. The van der Waals surface area contributed by atoms with Crippen molar-refractivity contribution in [3.63, 3.8) is 0 Å². The SMILES string of the molecule is CCCN(CCCF)C1(CN)CCCCCC1. The first-order chi connectivity index (χ1) is 8.29. The van der Waals surface area contributed by atoms with Crippen LogP contribution in [0.25, 0.3) is 0 Å². The maximum Gasteiger partial charge on any atom is 0.0906 e. The Kier molecular flexibility index (Phi) is 7.05. The maximum absolute atomic E-state index is 12.4. The molecule has 0 atom stereocenters. The van der Waals surface area contributed by atoms with Crippen LogP contribution in [-0.2, 0) is 0 Å². The van der Waals surface area contributed by atoms with Gasteiger partial charge in [0, 0.05) is 18.6 Å². The first kappa shape index (κ1) is 14.9. The summed E-state index contributed by atoms with van der Waals surface area (Å²) in [4.78, 5) is 2.48. The summed E-state index contributed by atoms with van der Waals surface area (Å²) in [7, 11) is 0. The van der Waals surface area contributed by atoms with Gasteiger partial charge in [0.05, 0.1) is 6.67 Å². The van der Waals surface area contributed by atoms with E-state index in [-0.39, 0.29) is 12.2 Å². The molecule has 1 rings (SSSR count). The molecule has 0 spiro atoms. The van der Waals surface area contributed by atoms with E-state index < -0.39 is 0 Å². The molecule has 0 bridgehead atoms. The smallest absolute Gasteiger partial charge is 0.0906 e. The molecule has 102 valence electrons.